The number of carbonyl (C=O) groups excluding carboxylic acids is 1. The largest absolute Gasteiger partial charge is 1.00 e. The first kappa shape index (κ1) is 22.6. The minimum absolute atomic E-state index is 0. The van der Waals surface area contributed by atoms with E-state index in [9.17, 15) is 13.2 Å². The van der Waals surface area contributed by atoms with Crippen LogP contribution < -0.4 is 39.2 Å². The summed E-state index contributed by atoms with van der Waals surface area (Å²) in [7, 11) is -2.56. The SMILES string of the molecule is Cn1cc(N(C[C@H]2CCCO2)S(=O)(=O)[N-]C(=O)Nc2c3c(cc4c2CC4)CC3)cn1.[Na+]. The van der Waals surface area contributed by atoms with Gasteiger partial charge in [-0.3, -0.25) is 13.8 Å². The Kier molecular flexibility index (Phi) is 6.37. The zero-order valence-corrected chi connectivity index (χ0v) is 20.6. The first-order valence-corrected chi connectivity index (χ1v) is 11.6. The Morgan fingerprint density at radius 2 is 2.00 bits per heavy atom. The Morgan fingerprint density at radius 3 is 2.52 bits per heavy atom. The summed E-state index contributed by atoms with van der Waals surface area (Å²) in [4.78, 5) is 12.6. The van der Waals surface area contributed by atoms with Gasteiger partial charge in [-0.05, 0) is 66.5 Å². The molecular weight excluding hydrogens is 429 g/mol. The van der Waals surface area contributed by atoms with Gasteiger partial charge in [0.2, 0.25) is 0 Å². The van der Waals surface area contributed by atoms with Gasteiger partial charge in [-0.1, -0.05) is 6.07 Å². The molecule has 5 rings (SSSR count). The molecule has 1 atom stereocenters. The number of carbonyl (C=O) groups is 1. The zero-order valence-electron chi connectivity index (χ0n) is 17.8. The molecule has 1 aromatic carbocycles. The van der Waals surface area contributed by atoms with Crippen molar-refractivity contribution in [3.8, 4) is 0 Å². The molecule has 160 valence electrons. The van der Waals surface area contributed by atoms with E-state index in [1.807, 2.05) is 0 Å². The molecule has 9 nitrogen and oxygen atoms in total. The third kappa shape index (κ3) is 4.36. The number of anilines is 2. The number of aromatic nitrogens is 2. The maximum Gasteiger partial charge on any atom is 1.00 e. The van der Waals surface area contributed by atoms with Crippen molar-refractivity contribution < 1.29 is 47.5 Å². The second-order valence-electron chi connectivity index (χ2n) is 8.06. The normalized spacial score (nSPS) is 18.7. The molecule has 0 unspecified atom stereocenters. The molecule has 2 aromatic rings. The van der Waals surface area contributed by atoms with E-state index in [0.717, 1.165) is 59.6 Å². The quantitative estimate of drug-likeness (QED) is 0.591. The molecule has 1 aromatic heterocycles. The Morgan fingerprint density at radius 1 is 1.29 bits per heavy atom. The van der Waals surface area contributed by atoms with E-state index in [2.05, 4.69) is 21.2 Å². The van der Waals surface area contributed by atoms with E-state index >= 15 is 0 Å². The van der Waals surface area contributed by atoms with Gasteiger partial charge < -0.3 is 14.8 Å². The van der Waals surface area contributed by atoms with Crippen molar-refractivity contribution in [2.75, 3.05) is 22.8 Å². The van der Waals surface area contributed by atoms with Crippen molar-refractivity contribution in [1.82, 2.24) is 9.78 Å². The summed E-state index contributed by atoms with van der Waals surface area (Å²) >= 11 is 0. The first-order chi connectivity index (χ1) is 14.4. The van der Waals surface area contributed by atoms with E-state index < -0.39 is 16.2 Å². The van der Waals surface area contributed by atoms with Crippen LogP contribution in [-0.4, -0.2) is 43.5 Å². The number of aryl methyl sites for hydroxylation is 3. The number of urea groups is 1. The molecular formula is C20H24N5NaO4S. The number of nitrogens with zero attached hydrogens (tertiary/aromatic N) is 4. The third-order valence-electron chi connectivity index (χ3n) is 6.10. The van der Waals surface area contributed by atoms with Crippen LogP contribution in [0.4, 0.5) is 16.2 Å². The molecule has 2 aliphatic carbocycles. The predicted molar refractivity (Wildman–Crippen MR) is 112 cm³/mol. The van der Waals surface area contributed by atoms with Gasteiger partial charge in [0.15, 0.2) is 6.03 Å². The van der Waals surface area contributed by atoms with Gasteiger partial charge in [0.25, 0.3) is 10.2 Å². The number of benzene rings is 1. The minimum atomic E-state index is -4.27. The van der Waals surface area contributed by atoms with Crippen molar-refractivity contribution in [3.05, 3.63) is 45.4 Å². The Labute approximate surface area is 204 Å². The van der Waals surface area contributed by atoms with E-state index in [1.165, 1.54) is 22.0 Å². The average Bonchev–Trinajstić information content (AvgIpc) is 3.27. The number of hydrogen-bond acceptors (Lipinski definition) is 5. The van der Waals surface area contributed by atoms with Gasteiger partial charge in [0, 0.05) is 19.9 Å². The van der Waals surface area contributed by atoms with Crippen LogP contribution in [-0.2, 0) is 47.7 Å². The summed E-state index contributed by atoms with van der Waals surface area (Å²) < 4.78 is 37.9. The molecule has 1 aliphatic heterocycles. The fourth-order valence-corrected chi connectivity index (χ4v) is 5.42. The van der Waals surface area contributed by atoms with Gasteiger partial charge in [0.05, 0.1) is 24.5 Å². The monoisotopic (exact) mass is 453 g/mol. The van der Waals surface area contributed by atoms with Gasteiger partial charge in [-0.15, -0.1) is 0 Å². The van der Waals surface area contributed by atoms with Crippen LogP contribution in [0.15, 0.2) is 18.5 Å². The van der Waals surface area contributed by atoms with Crippen LogP contribution in [0.5, 0.6) is 0 Å². The first-order valence-electron chi connectivity index (χ1n) is 10.2. The van der Waals surface area contributed by atoms with Gasteiger partial charge >= 0.3 is 29.6 Å². The zero-order chi connectivity index (χ0) is 20.9. The van der Waals surface area contributed by atoms with Crippen LogP contribution in [0, 0.1) is 0 Å². The molecule has 11 heteroatoms. The number of nitrogens with one attached hydrogen (secondary N) is 1. The number of amides is 2. The molecule has 2 amide bonds. The second-order valence-corrected chi connectivity index (χ2v) is 9.58. The van der Waals surface area contributed by atoms with Gasteiger partial charge in [0.1, 0.15) is 0 Å². The Balaban J connectivity index is 0.00000231. The van der Waals surface area contributed by atoms with Gasteiger partial charge in [-0.25, -0.2) is 8.42 Å². The molecule has 3 aliphatic rings. The van der Waals surface area contributed by atoms with Crippen molar-refractivity contribution in [2.24, 2.45) is 7.05 Å². The molecule has 1 N–H and O–H groups in total. The fourth-order valence-electron chi connectivity index (χ4n) is 4.35. The third-order valence-corrected chi connectivity index (χ3v) is 7.41. The molecule has 0 saturated carbocycles. The molecule has 1 fully saturated rings. The minimum Gasteiger partial charge on any atom is -0.423 e. The Hall–Kier alpha value is -1.59. The van der Waals surface area contributed by atoms with Crippen molar-refractivity contribution in [1.29, 1.82) is 0 Å². The van der Waals surface area contributed by atoms with Crippen LogP contribution in [0.25, 0.3) is 4.72 Å². The summed E-state index contributed by atoms with van der Waals surface area (Å²) in [5.74, 6) is 0. The smallest absolute Gasteiger partial charge is 0.423 e. The number of rotatable bonds is 6. The van der Waals surface area contributed by atoms with E-state index in [4.69, 9.17) is 4.74 Å². The molecule has 2 heterocycles. The van der Waals surface area contributed by atoms with Crippen molar-refractivity contribution >= 4 is 27.6 Å². The van der Waals surface area contributed by atoms with E-state index in [-0.39, 0.29) is 42.2 Å². The van der Waals surface area contributed by atoms with E-state index in [1.54, 1.807) is 13.2 Å². The molecule has 31 heavy (non-hydrogen) atoms. The Bertz CT molecular complexity index is 1080. The standard InChI is InChI=1S/C20H25N5O4S.Na/c1-24-11-15(10-21-24)25(12-16-3-2-8-29-16)30(27,28)23-20(26)22-19-17-6-4-13(17)9-14-5-7-18(14)19;/h9-11,16H,2-8,12H2,1H3,(H2,22,23,26);/q;+1/p-1/t16-;/m1./s1. The van der Waals surface area contributed by atoms with Crippen molar-refractivity contribution in [3.63, 3.8) is 0 Å². The maximum absolute atomic E-state index is 13.1. The molecule has 0 bridgehead atoms. The molecule has 0 spiro atoms. The number of hydrogen-bond donors (Lipinski definition) is 1. The van der Waals surface area contributed by atoms with E-state index in [0.29, 0.717) is 12.3 Å². The van der Waals surface area contributed by atoms with Gasteiger partial charge in [-0.2, -0.15) is 5.10 Å². The van der Waals surface area contributed by atoms with Crippen LogP contribution in [0.1, 0.15) is 35.1 Å². The van der Waals surface area contributed by atoms with Crippen LogP contribution >= 0.6 is 0 Å². The summed E-state index contributed by atoms with van der Waals surface area (Å²) in [6, 6.07) is 1.33. The summed E-state index contributed by atoms with van der Waals surface area (Å²) in [5, 5.41) is 6.82. The maximum atomic E-state index is 13.1. The summed E-state index contributed by atoms with van der Waals surface area (Å²) in [5.41, 5.74) is 5.81. The average molecular weight is 454 g/mol. The van der Waals surface area contributed by atoms with Crippen molar-refractivity contribution in [2.45, 2.75) is 44.6 Å². The predicted octanol–water partition coefficient (Wildman–Crippen LogP) is -0.543. The number of fused-ring (bicyclic) bond motifs is 2. The summed E-state index contributed by atoms with van der Waals surface area (Å²) in [6.45, 7) is 0.703. The molecule has 0 radical (unpaired) electrons. The molecule has 1 saturated heterocycles. The second kappa shape index (κ2) is 8.74. The van der Waals surface area contributed by atoms with Crippen LogP contribution in [0.3, 0.4) is 0 Å². The topological polar surface area (TPSA) is 108 Å². The summed E-state index contributed by atoms with van der Waals surface area (Å²) in [6.07, 6.45) is 8.23. The fraction of sp³-hybridized carbons (Fsp3) is 0.500. The van der Waals surface area contributed by atoms with Crippen LogP contribution in [0.2, 0.25) is 0 Å². The number of ether oxygens (including phenoxy) is 1.